The number of aromatic amines is 1. The predicted octanol–water partition coefficient (Wildman–Crippen LogP) is -1.41. The van der Waals surface area contributed by atoms with Crippen LogP contribution < -0.4 is 21.7 Å². The van der Waals surface area contributed by atoms with Gasteiger partial charge in [-0.25, -0.2) is 9.78 Å². The fraction of sp³-hybridized carbons (Fsp3) is 0.591. The number of carboxylic acid groups (broad SMARTS) is 3. The maximum atomic E-state index is 13.1. The summed E-state index contributed by atoms with van der Waals surface area (Å²) in [6.45, 7) is 3.41. The van der Waals surface area contributed by atoms with E-state index in [0.717, 1.165) is 0 Å². The molecule has 0 aromatic carbocycles. The highest BCUT2D eigenvalue weighted by Gasteiger charge is 2.33. The van der Waals surface area contributed by atoms with E-state index < -0.39 is 72.1 Å². The Bertz CT molecular complexity index is 952. The number of amides is 3. The molecule has 1 rings (SSSR count). The molecular formula is C22H34N6O9. The van der Waals surface area contributed by atoms with Crippen molar-refractivity contribution in [3.63, 3.8) is 0 Å². The second-order valence-corrected chi connectivity index (χ2v) is 8.58. The molecule has 1 heterocycles. The van der Waals surface area contributed by atoms with E-state index in [0.29, 0.717) is 12.1 Å². The summed E-state index contributed by atoms with van der Waals surface area (Å²) in [5.74, 6) is -6.67. The fourth-order valence-corrected chi connectivity index (χ4v) is 3.26. The molecule has 37 heavy (non-hydrogen) atoms. The van der Waals surface area contributed by atoms with Gasteiger partial charge in [-0.15, -0.1) is 0 Å². The predicted molar refractivity (Wildman–Crippen MR) is 127 cm³/mol. The highest BCUT2D eigenvalue weighted by Crippen LogP contribution is 2.11. The van der Waals surface area contributed by atoms with Crippen LogP contribution in [0.4, 0.5) is 0 Å². The van der Waals surface area contributed by atoms with Crippen LogP contribution in [-0.4, -0.2) is 85.1 Å². The molecule has 0 bridgehead atoms. The van der Waals surface area contributed by atoms with E-state index in [9.17, 15) is 33.9 Å². The third-order valence-electron chi connectivity index (χ3n) is 5.67. The van der Waals surface area contributed by atoms with Gasteiger partial charge in [-0.3, -0.25) is 24.0 Å². The molecule has 0 aliphatic carbocycles. The molecule has 0 aliphatic rings. The van der Waals surface area contributed by atoms with Gasteiger partial charge in [0.05, 0.1) is 12.4 Å². The number of hydrogen-bond acceptors (Lipinski definition) is 8. The Labute approximate surface area is 212 Å². The molecule has 0 fully saturated rings. The second-order valence-electron chi connectivity index (χ2n) is 8.58. The summed E-state index contributed by atoms with van der Waals surface area (Å²) in [6.07, 6.45) is 1.65. The summed E-state index contributed by atoms with van der Waals surface area (Å²) >= 11 is 0. The number of nitrogens with two attached hydrogens (primary N) is 1. The summed E-state index contributed by atoms with van der Waals surface area (Å²) < 4.78 is 0. The van der Waals surface area contributed by atoms with Gasteiger partial charge in [0.2, 0.25) is 17.7 Å². The van der Waals surface area contributed by atoms with Crippen molar-refractivity contribution in [2.24, 2.45) is 11.7 Å². The van der Waals surface area contributed by atoms with E-state index in [1.165, 1.54) is 12.5 Å². The van der Waals surface area contributed by atoms with E-state index in [2.05, 4.69) is 25.9 Å². The molecule has 1 aromatic rings. The monoisotopic (exact) mass is 526 g/mol. The maximum Gasteiger partial charge on any atom is 0.326 e. The van der Waals surface area contributed by atoms with Crippen LogP contribution in [0.5, 0.6) is 0 Å². The van der Waals surface area contributed by atoms with E-state index in [1.807, 2.05) is 0 Å². The number of aliphatic carboxylic acids is 3. The lowest BCUT2D eigenvalue weighted by Gasteiger charge is -2.27. The van der Waals surface area contributed by atoms with Crippen LogP contribution in [0.1, 0.15) is 51.6 Å². The SMILES string of the molecule is CCC(C)C(NC(=O)C(N)CCC(=O)O)C(=O)NC(CCC(=O)O)C(=O)NC(Cc1cnc[nH]1)C(=O)O. The number of hydrogen-bond donors (Lipinski definition) is 8. The Kier molecular flexibility index (Phi) is 12.7. The lowest BCUT2D eigenvalue weighted by molar-refractivity contribution is -0.143. The third kappa shape index (κ3) is 11.1. The maximum absolute atomic E-state index is 13.1. The molecular weight excluding hydrogens is 492 g/mol. The van der Waals surface area contributed by atoms with Gasteiger partial charge < -0.3 is 42.0 Å². The molecule has 5 atom stereocenters. The van der Waals surface area contributed by atoms with E-state index in [1.54, 1.807) is 13.8 Å². The number of nitrogens with one attached hydrogen (secondary N) is 4. The molecule has 0 saturated carbocycles. The van der Waals surface area contributed by atoms with Crippen molar-refractivity contribution in [3.05, 3.63) is 18.2 Å². The summed E-state index contributed by atoms with van der Waals surface area (Å²) in [5.41, 5.74) is 6.15. The molecule has 9 N–H and O–H groups in total. The Hall–Kier alpha value is -4.01. The van der Waals surface area contributed by atoms with Crippen LogP contribution in [0.2, 0.25) is 0 Å². The van der Waals surface area contributed by atoms with Crippen molar-refractivity contribution in [2.75, 3.05) is 0 Å². The lowest BCUT2D eigenvalue weighted by Crippen LogP contribution is -2.58. The first kappa shape index (κ1) is 31.0. The molecule has 206 valence electrons. The van der Waals surface area contributed by atoms with Crippen molar-refractivity contribution in [3.8, 4) is 0 Å². The van der Waals surface area contributed by atoms with Gasteiger partial charge in [0, 0.05) is 31.2 Å². The van der Waals surface area contributed by atoms with Gasteiger partial charge in [0.1, 0.15) is 18.1 Å². The van der Waals surface area contributed by atoms with Gasteiger partial charge in [-0.1, -0.05) is 20.3 Å². The third-order valence-corrected chi connectivity index (χ3v) is 5.67. The molecule has 15 heteroatoms. The number of carbonyl (C=O) groups excluding carboxylic acids is 3. The van der Waals surface area contributed by atoms with Gasteiger partial charge in [-0.05, 0) is 18.8 Å². The Morgan fingerprint density at radius 1 is 0.919 bits per heavy atom. The first-order chi connectivity index (χ1) is 17.3. The average Bonchev–Trinajstić information content (AvgIpc) is 3.35. The smallest absolute Gasteiger partial charge is 0.326 e. The van der Waals surface area contributed by atoms with Crippen molar-refractivity contribution in [1.82, 2.24) is 25.9 Å². The van der Waals surface area contributed by atoms with Crippen LogP contribution >= 0.6 is 0 Å². The van der Waals surface area contributed by atoms with Crippen molar-refractivity contribution >= 4 is 35.6 Å². The number of carboxylic acids is 3. The molecule has 0 radical (unpaired) electrons. The van der Waals surface area contributed by atoms with Crippen molar-refractivity contribution in [1.29, 1.82) is 0 Å². The van der Waals surface area contributed by atoms with Crippen LogP contribution in [0.3, 0.4) is 0 Å². The number of H-pyrrole nitrogens is 1. The van der Waals surface area contributed by atoms with E-state index >= 15 is 0 Å². The number of carbonyl (C=O) groups is 6. The Balaban J connectivity index is 3.02. The van der Waals surface area contributed by atoms with Crippen LogP contribution in [0, 0.1) is 5.92 Å². The normalized spacial score (nSPS) is 14.9. The number of rotatable bonds is 17. The first-order valence-corrected chi connectivity index (χ1v) is 11.7. The van der Waals surface area contributed by atoms with Crippen molar-refractivity contribution in [2.45, 2.75) is 76.5 Å². The largest absolute Gasteiger partial charge is 0.481 e. The zero-order valence-electron chi connectivity index (χ0n) is 20.6. The Morgan fingerprint density at radius 3 is 2.03 bits per heavy atom. The molecule has 0 saturated heterocycles. The van der Waals surface area contributed by atoms with E-state index in [-0.39, 0.29) is 25.7 Å². The van der Waals surface area contributed by atoms with E-state index in [4.69, 9.17) is 15.9 Å². The zero-order chi connectivity index (χ0) is 28.1. The minimum absolute atomic E-state index is 0.138. The Morgan fingerprint density at radius 2 is 1.51 bits per heavy atom. The van der Waals surface area contributed by atoms with Gasteiger partial charge in [-0.2, -0.15) is 0 Å². The topological polar surface area (TPSA) is 254 Å². The van der Waals surface area contributed by atoms with Crippen LogP contribution in [-0.2, 0) is 35.2 Å². The minimum atomic E-state index is -1.42. The standard InChI is InChI=1S/C22H34N6O9/c1-3-11(2)18(28-19(33)13(23)4-6-16(29)30)21(35)26-14(5-7-17(31)32)20(34)27-15(22(36)37)8-12-9-24-10-25-12/h9-11,13-15,18H,3-8,23H2,1-2H3,(H,24,25)(H,26,35)(H,27,34)(H,28,33)(H,29,30)(H,31,32)(H,36,37). The summed E-state index contributed by atoms with van der Waals surface area (Å²) in [7, 11) is 0. The quantitative estimate of drug-likeness (QED) is 0.117. The molecule has 0 spiro atoms. The van der Waals surface area contributed by atoms with Gasteiger partial charge in [0.15, 0.2) is 0 Å². The minimum Gasteiger partial charge on any atom is -0.481 e. The average molecular weight is 527 g/mol. The van der Waals surface area contributed by atoms with Crippen LogP contribution in [0.25, 0.3) is 0 Å². The molecule has 3 amide bonds. The summed E-state index contributed by atoms with van der Waals surface area (Å²) in [6, 6.07) is -5.18. The zero-order valence-corrected chi connectivity index (χ0v) is 20.6. The molecule has 15 nitrogen and oxygen atoms in total. The number of aromatic nitrogens is 2. The molecule has 1 aromatic heterocycles. The van der Waals surface area contributed by atoms with Gasteiger partial charge in [0.25, 0.3) is 0 Å². The number of nitrogens with zero attached hydrogens (tertiary/aromatic N) is 1. The first-order valence-electron chi connectivity index (χ1n) is 11.7. The molecule has 0 aliphatic heterocycles. The highest BCUT2D eigenvalue weighted by molar-refractivity contribution is 5.94. The fourth-order valence-electron chi connectivity index (χ4n) is 3.26. The summed E-state index contributed by atoms with van der Waals surface area (Å²) in [5, 5.41) is 34.5. The summed E-state index contributed by atoms with van der Waals surface area (Å²) in [4.78, 5) is 78.5. The molecule has 5 unspecified atom stereocenters. The van der Waals surface area contributed by atoms with Gasteiger partial charge >= 0.3 is 17.9 Å². The van der Waals surface area contributed by atoms with Crippen molar-refractivity contribution < 1.29 is 44.1 Å². The second kappa shape index (κ2) is 15.2. The highest BCUT2D eigenvalue weighted by atomic mass is 16.4. The number of imidazole rings is 1. The van der Waals surface area contributed by atoms with Crippen LogP contribution in [0.15, 0.2) is 12.5 Å². The lowest BCUT2D eigenvalue weighted by atomic mass is 9.96.